The van der Waals surface area contributed by atoms with Gasteiger partial charge >= 0.3 is 0 Å². The van der Waals surface area contributed by atoms with Crippen molar-refractivity contribution >= 4 is 27.5 Å². The Bertz CT molecular complexity index is 870. The molecule has 0 spiro atoms. The molecule has 6 nitrogen and oxygen atoms in total. The lowest BCUT2D eigenvalue weighted by molar-refractivity contribution is -0.111. The number of amides is 1. The number of hydrogen-bond donors (Lipinski definition) is 3. The number of carbonyl (C=O) groups is 1. The average molecular weight is 347 g/mol. The molecule has 0 aliphatic heterocycles. The summed E-state index contributed by atoms with van der Waals surface area (Å²) in [5, 5.41) is 21.4. The predicted octanol–water partition coefficient (Wildman–Crippen LogP) is 2.54. The molecule has 0 bridgehead atoms. The second-order valence-electron chi connectivity index (χ2n) is 5.00. The van der Waals surface area contributed by atoms with E-state index in [9.17, 15) is 23.4 Å². The molecule has 0 aliphatic carbocycles. The Morgan fingerprint density at radius 1 is 1.12 bits per heavy atom. The molecule has 0 aliphatic rings. The second-order valence-corrected chi connectivity index (χ2v) is 7.27. The van der Waals surface area contributed by atoms with E-state index in [0.717, 1.165) is 0 Å². The Morgan fingerprint density at radius 2 is 1.79 bits per heavy atom. The second kappa shape index (κ2) is 7.18. The standard InChI is InChI=1S/C17H17NO5S/c1-2-24(22,23)14-8-9-16(20)15(11-14)18-17(21)10-5-12-3-6-13(19)7-4-12/h3-11,19-20H,2H2,1H3,(H,18,21)/b10-5+. The monoisotopic (exact) mass is 347 g/mol. The van der Waals surface area contributed by atoms with Gasteiger partial charge in [-0.15, -0.1) is 0 Å². The van der Waals surface area contributed by atoms with Crippen LogP contribution in [-0.2, 0) is 14.6 Å². The molecule has 2 aromatic carbocycles. The number of benzene rings is 2. The van der Waals surface area contributed by atoms with Gasteiger partial charge in [0.05, 0.1) is 16.3 Å². The lowest BCUT2D eigenvalue weighted by Crippen LogP contribution is -2.10. The zero-order chi connectivity index (χ0) is 17.7. The summed E-state index contributed by atoms with van der Waals surface area (Å²) in [5.74, 6) is -0.706. The third kappa shape index (κ3) is 4.36. The van der Waals surface area contributed by atoms with Crippen molar-refractivity contribution in [3.63, 3.8) is 0 Å². The fraction of sp³-hybridized carbons (Fsp3) is 0.118. The van der Waals surface area contributed by atoms with E-state index in [2.05, 4.69) is 5.32 Å². The summed E-state index contributed by atoms with van der Waals surface area (Å²) in [6, 6.07) is 9.97. The van der Waals surface area contributed by atoms with Crippen molar-refractivity contribution < 1.29 is 23.4 Å². The zero-order valence-corrected chi connectivity index (χ0v) is 13.7. The normalized spacial score (nSPS) is 11.5. The van der Waals surface area contributed by atoms with Crippen molar-refractivity contribution in [2.45, 2.75) is 11.8 Å². The minimum atomic E-state index is -3.44. The first-order valence-electron chi connectivity index (χ1n) is 7.15. The molecule has 0 radical (unpaired) electrons. The number of nitrogens with one attached hydrogen (secondary N) is 1. The average Bonchev–Trinajstić information content (AvgIpc) is 2.56. The van der Waals surface area contributed by atoms with E-state index in [1.54, 1.807) is 12.1 Å². The van der Waals surface area contributed by atoms with Crippen molar-refractivity contribution in [3.8, 4) is 11.5 Å². The summed E-state index contributed by atoms with van der Waals surface area (Å²) < 4.78 is 23.7. The smallest absolute Gasteiger partial charge is 0.248 e. The molecule has 0 heterocycles. The van der Waals surface area contributed by atoms with Crippen LogP contribution in [0.4, 0.5) is 5.69 Å². The quantitative estimate of drug-likeness (QED) is 0.570. The molecule has 0 aromatic heterocycles. The molecule has 126 valence electrons. The lowest BCUT2D eigenvalue weighted by atomic mass is 10.2. The number of hydrogen-bond acceptors (Lipinski definition) is 5. The van der Waals surface area contributed by atoms with Crippen molar-refractivity contribution in [1.29, 1.82) is 0 Å². The molecule has 1 amide bonds. The molecular formula is C17H17NO5S. The van der Waals surface area contributed by atoms with Crippen LogP contribution in [0.1, 0.15) is 12.5 Å². The Morgan fingerprint density at radius 3 is 2.42 bits per heavy atom. The lowest BCUT2D eigenvalue weighted by Gasteiger charge is -2.08. The molecule has 3 N–H and O–H groups in total. The predicted molar refractivity (Wildman–Crippen MR) is 91.6 cm³/mol. The van der Waals surface area contributed by atoms with E-state index in [-0.39, 0.29) is 27.8 Å². The van der Waals surface area contributed by atoms with E-state index in [0.29, 0.717) is 5.56 Å². The van der Waals surface area contributed by atoms with Gasteiger partial charge in [-0.3, -0.25) is 4.79 Å². The molecule has 0 saturated carbocycles. The first-order valence-corrected chi connectivity index (χ1v) is 8.81. The number of aromatic hydroxyl groups is 2. The summed E-state index contributed by atoms with van der Waals surface area (Å²) in [6.45, 7) is 1.51. The fourth-order valence-electron chi connectivity index (χ4n) is 1.91. The van der Waals surface area contributed by atoms with Crippen LogP contribution in [0.3, 0.4) is 0 Å². The van der Waals surface area contributed by atoms with Crippen LogP contribution in [-0.4, -0.2) is 30.3 Å². The minimum Gasteiger partial charge on any atom is -0.508 e. The Labute approximate surface area is 140 Å². The van der Waals surface area contributed by atoms with Crippen LogP contribution in [0.15, 0.2) is 53.4 Å². The summed E-state index contributed by atoms with van der Waals surface area (Å²) >= 11 is 0. The van der Waals surface area contributed by atoms with Gasteiger partial charge < -0.3 is 15.5 Å². The topological polar surface area (TPSA) is 104 Å². The van der Waals surface area contributed by atoms with Crippen molar-refractivity contribution in [2.24, 2.45) is 0 Å². The third-order valence-corrected chi connectivity index (χ3v) is 5.02. The fourth-order valence-corrected chi connectivity index (χ4v) is 2.81. The van der Waals surface area contributed by atoms with Gasteiger partial charge in [0.2, 0.25) is 5.91 Å². The maximum absolute atomic E-state index is 11.9. The molecule has 0 fully saturated rings. The van der Waals surface area contributed by atoms with Gasteiger partial charge in [-0.1, -0.05) is 19.1 Å². The first-order chi connectivity index (χ1) is 11.3. The first kappa shape index (κ1) is 17.6. The molecular weight excluding hydrogens is 330 g/mol. The van der Waals surface area contributed by atoms with Crippen LogP contribution in [0.25, 0.3) is 6.08 Å². The number of phenolic OH excluding ortho intramolecular Hbond substituents is 2. The van der Waals surface area contributed by atoms with Crippen LogP contribution < -0.4 is 5.32 Å². The molecule has 0 unspecified atom stereocenters. The molecule has 2 aromatic rings. The number of rotatable bonds is 5. The van der Waals surface area contributed by atoms with E-state index in [4.69, 9.17) is 0 Å². The van der Waals surface area contributed by atoms with Crippen LogP contribution in [0, 0.1) is 0 Å². The van der Waals surface area contributed by atoms with Gasteiger partial charge in [-0.05, 0) is 42.0 Å². The maximum atomic E-state index is 11.9. The van der Waals surface area contributed by atoms with Crippen LogP contribution in [0.2, 0.25) is 0 Å². The maximum Gasteiger partial charge on any atom is 0.248 e. The highest BCUT2D eigenvalue weighted by molar-refractivity contribution is 7.91. The highest BCUT2D eigenvalue weighted by Gasteiger charge is 2.14. The van der Waals surface area contributed by atoms with Gasteiger partial charge in [0.25, 0.3) is 0 Å². The highest BCUT2D eigenvalue weighted by atomic mass is 32.2. The third-order valence-electron chi connectivity index (χ3n) is 3.29. The number of phenols is 2. The van der Waals surface area contributed by atoms with E-state index < -0.39 is 15.7 Å². The number of anilines is 1. The van der Waals surface area contributed by atoms with Crippen molar-refractivity contribution in [3.05, 3.63) is 54.1 Å². The van der Waals surface area contributed by atoms with Crippen LogP contribution in [0.5, 0.6) is 11.5 Å². The summed E-state index contributed by atoms with van der Waals surface area (Å²) in [7, 11) is -3.44. The Hall–Kier alpha value is -2.80. The zero-order valence-electron chi connectivity index (χ0n) is 12.9. The molecule has 0 saturated heterocycles. The van der Waals surface area contributed by atoms with Crippen molar-refractivity contribution in [2.75, 3.05) is 11.1 Å². The molecule has 7 heteroatoms. The Kier molecular flexibility index (Phi) is 5.25. The van der Waals surface area contributed by atoms with Gasteiger partial charge in [0, 0.05) is 6.08 Å². The van der Waals surface area contributed by atoms with Gasteiger partial charge in [-0.2, -0.15) is 0 Å². The summed E-state index contributed by atoms with van der Waals surface area (Å²) in [5.41, 5.74) is 0.722. The van der Waals surface area contributed by atoms with E-state index in [1.807, 2.05) is 0 Å². The Balaban J connectivity index is 2.16. The van der Waals surface area contributed by atoms with Gasteiger partial charge in [0.1, 0.15) is 11.5 Å². The minimum absolute atomic E-state index is 0.0184. The number of carbonyl (C=O) groups excluding carboxylic acids is 1. The van der Waals surface area contributed by atoms with E-state index in [1.165, 1.54) is 49.4 Å². The molecule has 24 heavy (non-hydrogen) atoms. The molecule has 0 atom stereocenters. The SMILES string of the molecule is CCS(=O)(=O)c1ccc(O)c(NC(=O)/C=C/c2ccc(O)cc2)c1. The largest absolute Gasteiger partial charge is 0.508 e. The number of sulfone groups is 1. The van der Waals surface area contributed by atoms with Gasteiger partial charge in [0.15, 0.2) is 9.84 Å². The van der Waals surface area contributed by atoms with Crippen molar-refractivity contribution in [1.82, 2.24) is 0 Å². The molecule has 2 rings (SSSR count). The summed E-state index contributed by atoms with van der Waals surface area (Å²) in [4.78, 5) is 12.0. The highest BCUT2D eigenvalue weighted by Crippen LogP contribution is 2.27. The van der Waals surface area contributed by atoms with Gasteiger partial charge in [-0.25, -0.2) is 8.42 Å². The van der Waals surface area contributed by atoms with E-state index >= 15 is 0 Å². The summed E-state index contributed by atoms with van der Waals surface area (Å²) in [6.07, 6.45) is 2.77. The van der Waals surface area contributed by atoms with Crippen LogP contribution >= 0.6 is 0 Å².